The second kappa shape index (κ2) is 11.5. The van der Waals surface area contributed by atoms with Crippen molar-refractivity contribution in [2.45, 2.75) is 20.0 Å². The van der Waals surface area contributed by atoms with Gasteiger partial charge in [-0.1, -0.05) is 29.8 Å². The average Bonchev–Trinajstić information content (AvgIpc) is 3.37. The SMILES string of the molecule is C=CCc1cc(/C=C(\C#N)C(=O)Nc2cccc(Cl)c2C)cc(OC)c1OCc1ccc2c(c1)OCO2. The Bertz CT molecular complexity index is 1420. The molecule has 0 aromatic heterocycles. The lowest BCUT2D eigenvalue weighted by atomic mass is 10.0. The van der Waals surface area contributed by atoms with E-state index in [2.05, 4.69) is 11.9 Å². The van der Waals surface area contributed by atoms with Crippen molar-refractivity contribution >= 4 is 29.3 Å². The summed E-state index contributed by atoms with van der Waals surface area (Å²) < 4.78 is 22.6. The standard InChI is InChI=1S/C29H25ClN2O5/c1-4-6-21-11-20(12-22(15-31)29(33)32-24-8-5-7-23(30)18(24)2)14-27(34-3)28(21)35-16-19-9-10-25-26(13-19)37-17-36-25/h4-5,7-14H,1,6,16-17H2,2-3H3,(H,32,33)/b22-12+. The molecule has 0 fully saturated rings. The topological polar surface area (TPSA) is 89.8 Å². The van der Waals surface area contributed by atoms with Crippen molar-refractivity contribution in [3.8, 4) is 29.1 Å². The van der Waals surface area contributed by atoms with Crippen LogP contribution in [-0.2, 0) is 17.8 Å². The second-order valence-electron chi connectivity index (χ2n) is 8.22. The first-order valence-electron chi connectivity index (χ1n) is 11.4. The third-order valence-electron chi connectivity index (χ3n) is 5.75. The molecule has 0 bridgehead atoms. The minimum Gasteiger partial charge on any atom is -0.493 e. The highest BCUT2D eigenvalue weighted by atomic mass is 35.5. The Balaban J connectivity index is 1.60. The van der Waals surface area contributed by atoms with Gasteiger partial charge in [0.2, 0.25) is 6.79 Å². The monoisotopic (exact) mass is 516 g/mol. The summed E-state index contributed by atoms with van der Waals surface area (Å²) in [6.07, 6.45) is 3.74. The smallest absolute Gasteiger partial charge is 0.266 e. The molecule has 4 rings (SSSR count). The summed E-state index contributed by atoms with van der Waals surface area (Å²) in [6, 6.07) is 16.4. The number of hydrogen-bond donors (Lipinski definition) is 1. The molecule has 1 amide bonds. The Labute approximate surface area is 220 Å². The van der Waals surface area contributed by atoms with Crippen LogP contribution in [0, 0.1) is 18.3 Å². The van der Waals surface area contributed by atoms with Gasteiger partial charge in [-0.05, 0) is 72.5 Å². The molecule has 0 radical (unpaired) electrons. The zero-order valence-corrected chi connectivity index (χ0v) is 21.2. The predicted octanol–water partition coefficient (Wildman–Crippen LogP) is 6.24. The Morgan fingerprint density at radius 1 is 1.22 bits per heavy atom. The van der Waals surface area contributed by atoms with E-state index < -0.39 is 5.91 Å². The molecule has 0 unspecified atom stereocenters. The number of methoxy groups -OCH3 is 1. The quantitative estimate of drug-likeness (QED) is 0.206. The van der Waals surface area contributed by atoms with E-state index in [1.165, 1.54) is 13.2 Å². The first-order valence-corrected chi connectivity index (χ1v) is 11.8. The molecule has 0 spiro atoms. The number of carbonyl (C=O) groups is 1. The number of anilines is 1. The van der Waals surface area contributed by atoms with Crippen LogP contribution in [0.25, 0.3) is 6.08 Å². The molecule has 1 heterocycles. The van der Waals surface area contributed by atoms with Crippen LogP contribution >= 0.6 is 11.6 Å². The molecule has 0 aliphatic carbocycles. The van der Waals surface area contributed by atoms with E-state index in [4.69, 9.17) is 30.5 Å². The van der Waals surface area contributed by atoms with Crippen molar-refractivity contribution < 1.29 is 23.7 Å². The molecule has 3 aromatic rings. The van der Waals surface area contributed by atoms with Gasteiger partial charge in [-0.15, -0.1) is 6.58 Å². The van der Waals surface area contributed by atoms with E-state index in [-0.39, 0.29) is 19.0 Å². The number of allylic oxidation sites excluding steroid dienone is 1. The van der Waals surface area contributed by atoms with Crippen molar-refractivity contribution in [3.05, 3.63) is 94.0 Å². The summed E-state index contributed by atoms with van der Waals surface area (Å²) in [5, 5.41) is 13.0. The van der Waals surface area contributed by atoms with Gasteiger partial charge in [0, 0.05) is 16.3 Å². The summed E-state index contributed by atoms with van der Waals surface area (Å²) in [4.78, 5) is 12.8. The van der Waals surface area contributed by atoms with E-state index in [0.717, 1.165) is 11.1 Å². The van der Waals surface area contributed by atoms with Gasteiger partial charge in [0.15, 0.2) is 23.0 Å². The summed E-state index contributed by atoms with van der Waals surface area (Å²) in [5.74, 6) is 1.85. The third kappa shape index (κ3) is 5.88. The molecule has 8 heteroatoms. The van der Waals surface area contributed by atoms with Crippen LogP contribution in [0.5, 0.6) is 23.0 Å². The van der Waals surface area contributed by atoms with Crippen LogP contribution in [0.1, 0.15) is 22.3 Å². The first-order chi connectivity index (χ1) is 17.9. The molecule has 188 valence electrons. The number of carbonyl (C=O) groups excluding carboxylic acids is 1. The lowest BCUT2D eigenvalue weighted by Crippen LogP contribution is -2.14. The lowest BCUT2D eigenvalue weighted by Gasteiger charge is -2.16. The van der Waals surface area contributed by atoms with Crippen molar-refractivity contribution in [1.29, 1.82) is 5.26 Å². The largest absolute Gasteiger partial charge is 0.493 e. The Morgan fingerprint density at radius 3 is 2.78 bits per heavy atom. The summed E-state index contributed by atoms with van der Waals surface area (Å²) in [5.41, 5.74) is 3.49. The maximum Gasteiger partial charge on any atom is 0.266 e. The van der Waals surface area contributed by atoms with Gasteiger partial charge in [0.1, 0.15) is 18.2 Å². The minimum absolute atomic E-state index is 0.0694. The number of halogens is 1. The zero-order chi connectivity index (χ0) is 26.4. The molecule has 7 nitrogen and oxygen atoms in total. The molecule has 1 aliphatic rings. The number of amides is 1. The maximum absolute atomic E-state index is 12.8. The van der Waals surface area contributed by atoms with Gasteiger partial charge in [-0.2, -0.15) is 5.26 Å². The van der Waals surface area contributed by atoms with E-state index in [9.17, 15) is 10.1 Å². The van der Waals surface area contributed by atoms with Gasteiger partial charge in [0.05, 0.1) is 7.11 Å². The van der Waals surface area contributed by atoms with Crippen molar-refractivity contribution in [2.24, 2.45) is 0 Å². The Hall–Kier alpha value is -4.41. The molecule has 1 N–H and O–H groups in total. The summed E-state index contributed by atoms with van der Waals surface area (Å²) in [7, 11) is 1.54. The van der Waals surface area contributed by atoms with Crippen LogP contribution < -0.4 is 24.3 Å². The highest BCUT2D eigenvalue weighted by Crippen LogP contribution is 2.37. The molecule has 0 atom stereocenters. The highest BCUT2D eigenvalue weighted by Gasteiger charge is 2.17. The Morgan fingerprint density at radius 2 is 2.03 bits per heavy atom. The number of nitrogens with one attached hydrogen (secondary N) is 1. The number of ether oxygens (including phenoxy) is 4. The van der Waals surface area contributed by atoms with Crippen LogP contribution in [0.3, 0.4) is 0 Å². The van der Waals surface area contributed by atoms with E-state index in [0.29, 0.717) is 51.3 Å². The number of nitrogens with zero attached hydrogens (tertiary/aromatic N) is 1. The number of hydrogen-bond acceptors (Lipinski definition) is 6. The molecule has 3 aromatic carbocycles. The maximum atomic E-state index is 12.8. The van der Waals surface area contributed by atoms with Gasteiger partial charge >= 0.3 is 0 Å². The lowest BCUT2D eigenvalue weighted by molar-refractivity contribution is -0.112. The van der Waals surface area contributed by atoms with Gasteiger partial charge < -0.3 is 24.3 Å². The van der Waals surface area contributed by atoms with Gasteiger partial charge in [-0.25, -0.2) is 0 Å². The molecule has 0 saturated carbocycles. The van der Waals surface area contributed by atoms with E-state index in [1.807, 2.05) is 30.3 Å². The molecular weight excluding hydrogens is 492 g/mol. The number of nitriles is 1. The van der Waals surface area contributed by atoms with Crippen molar-refractivity contribution in [2.75, 3.05) is 19.2 Å². The molecule has 37 heavy (non-hydrogen) atoms. The highest BCUT2D eigenvalue weighted by molar-refractivity contribution is 6.31. The first kappa shape index (κ1) is 25.7. The fourth-order valence-corrected chi connectivity index (χ4v) is 4.00. The zero-order valence-electron chi connectivity index (χ0n) is 20.5. The molecular formula is C29H25ClN2O5. The average molecular weight is 517 g/mol. The fourth-order valence-electron chi connectivity index (χ4n) is 3.82. The van der Waals surface area contributed by atoms with Gasteiger partial charge in [0.25, 0.3) is 5.91 Å². The Kier molecular flexibility index (Phi) is 8.02. The van der Waals surface area contributed by atoms with Gasteiger partial charge in [-0.3, -0.25) is 4.79 Å². The van der Waals surface area contributed by atoms with E-state index >= 15 is 0 Å². The second-order valence-corrected chi connectivity index (χ2v) is 8.62. The fraction of sp³-hybridized carbons (Fsp3) is 0.172. The minimum atomic E-state index is -0.541. The number of benzene rings is 3. The number of fused-ring (bicyclic) bond motifs is 1. The van der Waals surface area contributed by atoms with Crippen LogP contribution in [-0.4, -0.2) is 19.8 Å². The third-order valence-corrected chi connectivity index (χ3v) is 6.16. The summed E-state index contributed by atoms with van der Waals surface area (Å²) in [6.45, 7) is 6.11. The summed E-state index contributed by atoms with van der Waals surface area (Å²) >= 11 is 6.15. The normalized spacial score (nSPS) is 12.0. The molecule has 1 aliphatic heterocycles. The van der Waals surface area contributed by atoms with Crippen LogP contribution in [0.4, 0.5) is 5.69 Å². The number of rotatable bonds is 9. The molecule has 0 saturated heterocycles. The van der Waals surface area contributed by atoms with Crippen LogP contribution in [0.15, 0.2) is 66.8 Å². The van der Waals surface area contributed by atoms with Crippen molar-refractivity contribution in [1.82, 2.24) is 0 Å². The predicted molar refractivity (Wildman–Crippen MR) is 142 cm³/mol. The van der Waals surface area contributed by atoms with Crippen LogP contribution in [0.2, 0.25) is 5.02 Å². The van der Waals surface area contributed by atoms with Crippen molar-refractivity contribution in [3.63, 3.8) is 0 Å². The van der Waals surface area contributed by atoms with E-state index in [1.54, 1.807) is 37.3 Å².